The third-order valence-corrected chi connectivity index (χ3v) is 3.86. The summed E-state index contributed by atoms with van der Waals surface area (Å²) in [6, 6.07) is 3.94. The molecule has 0 unspecified atom stereocenters. The number of amides is 1. The highest BCUT2D eigenvalue weighted by molar-refractivity contribution is 5.98. The third kappa shape index (κ3) is 6.16. The van der Waals surface area contributed by atoms with Gasteiger partial charge in [0.25, 0.3) is 5.91 Å². The van der Waals surface area contributed by atoms with Crippen LogP contribution in [0.5, 0.6) is 0 Å². The molecule has 0 atom stereocenters. The lowest BCUT2D eigenvalue weighted by atomic mass is 9.96. The van der Waals surface area contributed by atoms with E-state index in [-0.39, 0.29) is 36.8 Å². The zero-order chi connectivity index (χ0) is 15.2. The summed E-state index contributed by atoms with van der Waals surface area (Å²) in [5, 5.41) is 6.47. The maximum atomic E-state index is 12.7. The highest BCUT2D eigenvalue weighted by Crippen LogP contribution is 2.21. The van der Waals surface area contributed by atoms with Gasteiger partial charge in [-0.25, -0.2) is 4.98 Å². The van der Waals surface area contributed by atoms with Gasteiger partial charge in [0, 0.05) is 25.3 Å². The number of nitrogens with one attached hydrogen (secondary N) is 2. The predicted molar refractivity (Wildman–Crippen MR) is 100 cm³/mol. The molecule has 7 heteroatoms. The van der Waals surface area contributed by atoms with Crippen molar-refractivity contribution in [1.82, 2.24) is 15.2 Å². The van der Waals surface area contributed by atoms with Crippen LogP contribution in [0.15, 0.2) is 18.3 Å². The van der Waals surface area contributed by atoms with E-state index < -0.39 is 0 Å². The lowest BCUT2D eigenvalue weighted by Crippen LogP contribution is -2.40. The monoisotopic (exact) mass is 362 g/mol. The van der Waals surface area contributed by atoms with E-state index in [1.165, 1.54) is 0 Å². The summed E-state index contributed by atoms with van der Waals surface area (Å²) in [5.74, 6) is 1.46. The number of hydrogen-bond acceptors (Lipinski definition) is 4. The van der Waals surface area contributed by atoms with Gasteiger partial charge in [-0.05, 0) is 58.3 Å². The first-order chi connectivity index (χ1) is 10.1. The lowest BCUT2D eigenvalue weighted by molar-refractivity contribution is 0.0691. The van der Waals surface area contributed by atoms with E-state index in [9.17, 15) is 4.79 Å². The summed E-state index contributed by atoms with van der Waals surface area (Å²) >= 11 is 0. The summed E-state index contributed by atoms with van der Waals surface area (Å²) in [4.78, 5) is 19.0. The minimum Gasteiger partial charge on any atom is -0.367 e. The van der Waals surface area contributed by atoms with E-state index in [1.807, 2.05) is 37.9 Å². The highest BCUT2D eigenvalue weighted by Gasteiger charge is 2.25. The number of aromatic nitrogens is 1. The van der Waals surface area contributed by atoms with Crippen molar-refractivity contribution in [2.24, 2.45) is 5.92 Å². The molecule has 0 bridgehead atoms. The maximum Gasteiger partial charge on any atom is 0.257 e. The van der Waals surface area contributed by atoms with E-state index in [0.29, 0.717) is 17.3 Å². The molecule has 1 aromatic heterocycles. The largest absolute Gasteiger partial charge is 0.367 e. The quantitative estimate of drug-likeness (QED) is 0.845. The Morgan fingerprint density at radius 1 is 1.35 bits per heavy atom. The second-order valence-corrected chi connectivity index (χ2v) is 5.99. The smallest absolute Gasteiger partial charge is 0.257 e. The average molecular weight is 363 g/mol. The van der Waals surface area contributed by atoms with E-state index in [0.717, 1.165) is 32.5 Å². The predicted octanol–water partition coefficient (Wildman–Crippen LogP) is 2.82. The van der Waals surface area contributed by atoms with Crippen LogP contribution >= 0.6 is 24.8 Å². The van der Waals surface area contributed by atoms with Crippen LogP contribution in [0.4, 0.5) is 5.82 Å². The number of likely N-dealkylation sites (tertiary alicyclic amines) is 1. The van der Waals surface area contributed by atoms with Crippen LogP contribution in [0, 0.1) is 5.92 Å². The summed E-state index contributed by atoms with van der Waals surface area (Å²) in [5.41, 5.74) is 0.679. The number of carbonyl (C=O) groups excluding carboxylic acids is 1. The topological polar surface area (TPSA) is 57.3 Å². The fourth-order valence-electron chi connectivity index (χ4n) is 2.77. The van der Waals surface area contributed by atoms with Crippen LogP contribution in [-0.4, -0.2) is 48.5 Å². The number of piperidine rings is 1. The van der Waals surface area contributed by atoms with Crippen LogP contribution in [0.25, 0.3) is 0 Å². The Hall–Kier alpha value is -1.04. The Morgan fingerprint density at radius 2 is 2.00 bits per heavy atom. The maximum absolute atomic E-state index is 12.7. The molecule has 1 saturated heterocycles. The third-order valence-electron chi connectivity index (χ3n) is 3.86. The molecule has 2 heterocycles. The summed E-state index contributed by atoms with van der Waals surface area (Å²) in [7, 11) is 1.98. The van der Waals surface area contributed by atoms with Crippen molar-refractivity contribution in [2.75, 3.05) is 32.0 Å². The summed E-state index contributed by atoms with van der Waals surface area (Å²) < 4.78 is 0. The van der Waals surface area contributed by atoms with Gasteiger partial charge in [-0.15, -0.1) is 24.8 Å². The van der Waals surface area contributed by atoms with Gasteiger partial charge in [0.1, 0.15) is 5.82 Å². The first-order valence-electron chi connectivity index (χ1n) is 7.77. The molecule has 0 aromatic carbocycles. The first kappa shape index (κ1) is 22.0. The molecule has 0 aliphatic carbocycles. The Labute approximate surface area is 151 Å². The van der Waals surface area contributed by atoms with Crippen LogP contribution in [0.1, 0.15) is 37.0 Å². The number of anilines is 1. The highest BCUT2D eigenvalue weighted by atomic mass is 35.5. The number of rotatable bonds is 5. The molecular weight excluding hydrogens is 335 g/mol. The fourth-order valence-corrected chi connectivity index (χ4v) is 2.77. The summed E-state index contributed by atoms with van der Waals surface area (Å²) in [6.07, 6.45) is 3.86. The minimum atomic E-state index is 0. The van der Waals surface area contributed by atoms with Crippen molar-refractivity contribution in [2.45, 2.75) is 32.7 Å². The van der Waals surface area contributed by atoms with Crippen LogP contribution in [-0.2, 0) is 0 Å². The van der Waals surface area contributed by atoms with Crippen molar-refractivity contribution in [3.05, 3.63) is 23.9 Å². The second-order valence-electron chi connectivity index (χ2n) is 5.99. The van der Waals surface area contributed by atoms with Gasteiger partial charge < -0.3 is 15.5 Å². The standard InChI is InChI=1S/C16H26N4O.2ClH/c1-12(2)19-15-14(5-4-8-18-15)16(21)20-9-6-13(7-10-20)11-17-3;;/h4-5,8,12-13,17H,6-7,9-11H2,1-3H3,(H,18,19);2*1H. The molecule has 2 rings (SSSR count). The van der Waals surface area contributed by atoms with E-state index >= 15 is 0 Å². The van der Waals surface area contributed by atoms with Gasteiger partial charge in [-0.1, -0.05) is 0 Å². The Bertz CT molecular complexity index is 477. The van der Waals surface area contributed by atoms with E-state index in [4.69, 9.17) is 0 Å². The molecule has 0 saturated carbocycles. The number of halogens is 2. The van der Waals surface area contributed by atoms with Crippen molar-refractivity contribution < 1.29 is 4.79 Å². The Kier molecular flexibility index (Phi) is 10.2. The normalized spacial score (nSPS) is 14.9. The molecule has 1 fully saturated rings. The molecule has 1 amide bonds. The molecular formula is C16H28Cl2N4O. The van der Waals surface area contributed by atoms with Gasteiger partial charge in [0.05, 0.1) is 5.56 Å². The molecule has 0 spiro atoms. The molecule has 1 aliphatic heterocycles. The molecule has 1 aromatic rings. The van der Waals surface area contributed by atoms with Gasteiger partial charge in [0.2, 0.25) is 0 Å². The van der Waals surface area contributed by atoms with Gasteiger partial charge in [0.15, 0.2) is 0 Å². The zero-order valence-corrected chi connectivity index (χ0v) is 15.7. The van der Waals surface area contributed by atoms with Gasteiger partial charge >= 0.3 is 0 Å². The molecule has 132 valence electrons. The average Bonchev–Trinajstić information content (AvgIpc) is 2.48. The molecule has 2 N–H and O–H groups in total. The lowest BCUT2D eigenvalue weighted by Gasteiger charge is -2.32. The Morgan fingerprint density at radius 3 is 2.57 bits per heavy atom. The van der Waals surface area contributed by atoms with Crippen molar-refractivity contribution in [3.63, 3.8) is 0 Å². The van der Waals surface area contributed by atoms with Crippen LogP contribution < -0.4 is 10.6 Å². The first-order valence-corrected chi connectivity index (χ1v) is 7.77. The van der Waals surface area contributed by atoms with Crippen molar-refractivity contribution in [3.8, 4) is 0 Å². The van der Waals surface area contributed by atoms with Crippen LogP contribution in [0.3, 0.4) is 0 Å². The second kappa shape index (κ2) is 10.7. The Balaban J connectivity index is 0.00000242. The number of pyridine rings is 1. The SMILES string of the molecule is CNCC1CCN(C(=O)c2cccnc2NC(C)C)CC1.Cl.Cl. The number of carbonyl (C=O) groups is 1. The number of hydrogen-bond donors (Lipinski definition) is 2. The van der Waals surface area contributed by atoms with E-state index in [2.05, 4.69) is 15.6 Å². The molecule has 1 aliphatic rings. The molecule has 0 radical (unpaired) electrons. The summed E-state index contributed by atoms with van der Waals surface area (Å²) in [6.45, 7) is 6.80. The molecule has 5 nitrogen and oxygen atoms in total. The van der Waals surface area contributed by atoms with E-state index in [1.54, 1.807) is 6.20 Å². The van der Waals surface area contributed by atoms with Crippen molar-refractivity contribution >= 4 is 36.5 Å². The molecule has 23 heavy (non-hydrogen) atoms. The van der Waals surface area contributed by atoms with Crippen LogP contribution in [0.2, 0.25) is 0 Å². The minimum absolute atomic E-state index is 0. The fraction of sp³-hybridized carbons (Fsp3) is 0.625. The van der Waals surface area contributed by atoms with Gasteiger partial charge in [-0.3, -0.25) is 4.79 Å². The van der Waals surface area contributed by atoms with Crippen molar-refractivity contribution in [1.29, 1.82) is 0 Å². The zero-order valence-electron chi connectivity index (χ0n) is 14.0. The number of nitrogens with zero attached hydrogens (tertiary/aromatic N) is 2. The van der Waals surface area contributed by atoms with Gasteiger partial charge in [-0.2, -0.15) is 0 Å².